The molecule has 2 nitrogen and oxygen atoms in total. The van der Waals surface area contributed by atoms with Crippen LogP contribution < -0.4 is 0 Å². The van der Waals surface area contributed by atoms with E-state index in [1.54, 1.807) is 0 Å². The van der Waals surface area contributed by atoms with Crippen LogP contribution >= 0.6 is 34.8 Å². The first-order valence-electron chi connectivity index (χ1n) is 2.13. The first-order chi connectivity index (χ1) is 4.45. The molecule has 6 heteroatoms. The lowest BCUT2D eigenvalue weighted by atomic mass is 10.6. The Labute approximate surface area is 73.0 Å². The number of rotatable bonds is 0. The van der Waals surface area contributed by atoms with E-state index < -0.39 is 14.2 Å². The molecule has 0 aliphatic carbocycles. The summed E-state index contributed by atoms with van der Waals surface area (Å²) in [6.45, 7) is 0. The van der Waals surface area contributed by atoms with E-state index in [1.807, 2.05) is 0 Å². The third-order valence-corrected chi connectivity index (χ3v) is 4.10. The molecule has 0 saturated heterocycles. The van der Waals surface area contributed by atoms with E-state index in [0.717, 1.165) is 5.41 Å². The van der Waals surface area contributed by atoms with Gasteiger partial charge in [0.05, 0.1) is 15.5 Å². The Balaban J connectivity index is 3.41. The average Bonchev–Trinajstić information content (AvgIpc) is 1.95. The maximum absolute atomic E-state index is 10.7. The first kappa shape index (κ1) is 8.40. The minimum absolute atomic E-state index is 0.0355. The Kier molecular flexibility index (Phi) is 2.02. The minimum Gasteiger partial charge on any atom is -0.218 e. The highest BCUT2D eigenvalue weighted by Crippen LogP contribution is 2.36. The lowest BCUT2D eigenvalue weighted by molar-refractivity contribution is 0.612. The van der Waals surface area contributed by atoms with Crippen molar-refractivity contribution in [2.45, 2.75) is 0 Å². The van der Waals surface area contributed by atoms with Crippen molar-refractivity contribution in [2.75, 3.05) is 0 Å². The van der Waals surface area contributed by atoms with Crippen molar-refractivity contribution in [2.24, 2.45) is 0 Å². The lowest BCUT2D eigenvalue weighted by Gasteiger charge is -1.86. The standard InChI is InChI=1S/C4HCl3O2S/c5-2-1-10(8,9)4(7)3(2)6/h1H. The molecule has 0 aromatic rings. The van der Waals surface area contributed by atoms with Gasteiger partial charge in [0.2, 0.25) is 9.84 Å². The molecule has 0 atom stereocenters. The SMILES string of the molecule is O=S1(=O)C=C(Cl)C(Cl)=C1Cl. The Morgan fingerprint density at radius 2 is 1.70 bits per heavy atom. The average molecular weight is 219 g/mol. The zero-order valence-corrected chi connectivity index (χ0v) is 7.52. The second-order valence-electron chi connectivity index (χ2n) is 1.60. The predicted molar refractivity (Wildman–Crippen MR) is 41.6 cm³/mol. The minimum atomic E-state index is -3.50. The first-order valence-corrected chi connectivity index (χ1v) is 4.81. The van der Waals surface area contributed by atoms with E-state index in [4.69, 9.17) is 34.8 Å². The van der Waals surface area contributed by atoms with Crippen LogP contribution in [0.3, 0.4) is 0 Å². The number of allylic oxidation sites excluding steroid dienone is 2. The van der Waals surface area contributed by atoms with Gasteiger partial charge in [0, 0.05) is 0 Å². The molecule has 0 radical (unpaired) electrons. The summed E-state index contributed by atoms with van der Waals surface area (Å²) in [5, 5.41) is 0.675. The Morgan fingerprint density at radius 1 is 1.20 bits per heavy atom. The maximum atomic E-state index is 10.7. The highest BCUT2D eigenvalue weighted by atomic mass is 35.5. The quantitative estimate of drug-likeness (QED) is 0.625. The van der Waals surface area contributed by atoms with Gasteiger partial charge in [0.1, 0.15) is 0 Å². The largest absolute Gasteiger partial charge is 0.218 e. The third kappa shape index (κ3) is 1.19. The van der Waals surface area contributed by atoms with Crippen LogP contribution in [0.1, 0.15) is 0 Å². The van der Waals surface area contributed by atoms with Crippen molar-refractivity contribution in [3.05, 3.63) is 19.8 Å². The molecule has 0 unspecified atom stereocenters. The van der Waals surface area contributed by atoms with Crippen LogP contribution in [-0.2, 0) is 9.84 Å². The van der Waals surface area contributed by atoms with Gasteiger partial charge in [-0.2, -0.15) is 0 Å². The molecule has 1 aliphatic rings. The van der Waals surface area contributed by atoms with Gasteiger partial charge in [0.15, 0.2) is 4.36 Å². The number of sulfone groups is 1. The summed E-state index contributed by atoms with van der Waals surface area (Å²) in [4.78, 5) is 0. The third-order valence-electron chi connectivity index (χ3n) is 0.891. The van der Waals surface area contributed by atoms with Crippen LogP contribution in [0.25, 0.3) is 0 Å². The molecular weight excluding hydrogens is 218 g/mol. The molecular formula is C4HCl3O2S. The fraction of sp³-hybridized carbons (Fsp3) is 0. The molecule has 0 aromatic carbocycles. The summed E-state index contributed by atoms with van der Waals surface area (Å²) in [5.41, 5.74) is 0. The molecule has 0 amide bonds. The van der Waals surface area contributed by atoms with E-state index in [2.05, 4.69) is 0 Å². The van der Waals surface area contributed by atoms with Crippen molar-refractivity contribution in [1.29, 1.82) is 0 Å². The Morgan fingerprint density at radius 3 is 1.80 bits per heavy atom. The summed E-state index contributed by atoms with van der Waals surface area (Å²) < 4.78 is 21.1. The Hall–Kier alpha value is 0.300. The molecule has 1 heterocycles. The molecule has 0 fully saturated rings. The van der Waals surface area contributed by atoms with Crippen LogP contribution in [0.2, 0.25) is 0 Å². The van der Waals surface area contributed by atoms with Gasteiger partial charge >= 0.3 is 0 Å². The molecule has 0 aromatic heterocycles. The van der Waals surface area contributed by atoms with Crippen LogP contribution in [-0.4, -0.2) is 8.42 Å². The van der Waals surface area contributed by atoms with E-state index in [0.29, 0.717) is 0 Å². The van der Waals surface area contributed by atoms with E-state index in [9.17, 15) is 8.42 Å². The van der Waals surface area contributed by atoms with Gasteiger partial charge in [-0.1, -0.05) is 34.8 Å². The fourth-order valence-electron chi connectivity index (χ4n) is 0.458. The van der Waals surface area contributed by atoms with Crippen molar-refractivity contribution >= 4 is 44.6 Å². The molecule has 10 heavy (non-hydrogen) atoms. The monoisotopic (exact) mass is 218 g/mol. The summed E-state index contributed by atoms with van der Waals surface area (Å²) >= 11 is 16.0. The topological polar surface area (TPSA) is 34.1 Å². The Bertz CT molecular complexity index is 324. The molecule has 56 valence electrons. The number of hydrogen-bond acceptors (Lipinski definition) is 2. The van der Waals surface area contributed by atoms with Gasteiger partial charge in [-0.25, -0.2) is 8.42 Å². The second kappa shape index (κ2) is 2.41. The smallest absolute Gasteiger partial charge is 0.213 e. The zero-order valence-electron chi connectivity index (χ0n) is 4.44. The van der Waals surface area contributed by atoms with Crippen molar-refractivity contribution in [3.63, 3.8) is 0 Å². The molecule has 1 rings (SSSR count). The zero-order chi connectivity index (χ0) is 7.94. The van der Waals surface area contributed by atoms with Crippen molar-refractivity contribution in [3.8, 4) is 0 Å². The van der Waals surface area contributed by atoms with Crippen LogP contribution in [0.5, 0.6) is 0 Å². The van der Waals surface area contributed by atoms with Crippen LogP contribution in [0.15, 0.2) is 19.8 Å². The molecule has 0 spiro atoms. The number of hydrogen-bond donors (Lipinski definition) is 0. The summed E-state index contributed by atoms with van der Waals surface area (Å²) in [7, 11) is -3.50. The van der Waals surface area contributed by atoms with Crippen LogP contribution in [0, 0.1) is 0 Å². The van der Waals surface area contributed by atoms with Gasteiger partial charge in [0.25, 0.3) is 0 Å². The summed E-state index contributed by atoms with van der Waals surface area (Å²) in [6, 6.07) is 0. The fourth-order valence-corrected chi connectivity index (χ4v) is 2.54. The normalized spacial score (nSPS) is 23.3. The summed E-state index contributed by atoms with van der Waals surface area (Å²) in [5.74, 6) is 0. The van der Waals surface area contributed by atoms with Gasteiger partial charge < -0.3 is 0 Å². The van der Waals surface area contributed by atoms with E-state index in [-0.39, 0.29) is 10.1 Å². The second-order valence-corrected chi connectivity index (χ2v) is 4.72. The van der Waals surface area contributed by atoms with Crippen molar-refractivity contribution in [1.82, 2.24) is 0 Å². The highest BCUT2D eigenvalue weighted by molar-refractivity contribution is 8.00. The van der Waals surface area contributed by atoms with Crippen molar-refractivity contribution < 1.29 is 8.42 Å². The lowest BCUT2D eigenvalue weighted by Crippen LogP contribution is -1.88. The number of halogens is 3. The van der Waals surface area contributed by atoms with E-state index >= 15 is 0 Å². The molecule has 1 aliphatic heterocycles. The van der Waals surface area contributed by atoms with Gasteiger partial charge in [-0.05, 0) is 0 Å². The van der Waals surface area contributed by atoms with E-state index in [1.165, 1.54) is 0 Å². The molecule has 0 saturated carbocycles. The summed E-state index contributed by atoms with van der Waals surface area (Å²) in [6.07, 6.45) is 0. The highest BCUT2D eigenvalue weighted by Gasteiger charge is 2.26. The maximum Gasteiger partial charge on any atom is 0.213 e. The molecule has 0 N–H and O–H groups in total. The molecule has 0 bridgehead atoms. The van der Waals surface area contributed by atoms with Gasteiger partial charge in [-0.15, -0.1) is 0 Å². The van der Waals surface area contributed by atoms with Gasteiger partial charge in [-0.3, -0.25) is 0 Å². The van der Waals surface area contributed by atoms with Crippen LogP contribution in [0.4, 0.5) is 0 Å². The predicted octanol–water partition coefficient (Wildman–Crippen LogP) is 2.14.